The van der Waals surface area contributed by atoms with Crippen molar-refractivity contribution in [3.05, 3.63) is 72.6 Å². The van der Waals surface area contributed by atoms with E-state index in [0.29, 0.717) is 17.1 Å². The molecule has 0 bridgehead atoms. The molecule has 1 N–H and O–H groups in total. The van der Waals surface area contributed by atoms with Crippen LogP contribution in [0, 0.1) is 0 Å². The van der Waals surface area contributed by atoms with Crippen LogP contribution in [0.3, 0.4) is 0 Å². The molecule has 3 heterocycles. The summed E-state index contributed by atoms with van der Waals surface area (Å²) in [5.74, 6) is -1.17. The number of hydrogen-bond acceptors (Lipinski definition) is 6. The van der Waals surface area contributed by atoms with Crippen LogP contribution in [0.5, 0.6) is 0 Å². The lowest BCUT2D eigenvalue weighted by atomic mass is 10.2. The molecule has 0 radical (unpaired) electrons. The topological polar surface area (TPSA) is 113 Å². The highest BCUT2D eigenvalue weighted by Crippen LogP contribution is 2.29. The maximum Gasteiger partial charge on any atom is 0.290 e. The van der Waals surface area contributed by atoms with E-state index in [1.54, 1.807) is 42.5 Å². The van der Waals surface area contributed by atoms with Crippen molar-refractivity contribution in [2.45, 2.75) is 25.9 Å². The van der Waals surface area contributed by atoms with Gasteiger partial charge in [-0.25, -0.2) is 4.90 Å². The van der Waals surface area contributed by atoms with Crippen LogP contribution in [0.2, 0.25) is 0 Å². The Morgan fingerprint density at radius 2 is 1.77 bits per heavy atom. The fourth-order valence-electron chi connectivity index (χ4n) is 3.46. The van der Waals surface area contributed by atoms with Gasteiger partial charge >= 0.3 is 0 Å². The quantitative estimate of drug-likeness (QED) is 0.613. The molecule has 0 aliphatic carbocycles. The molecule has 3 aromatic rings. The van der Waals surface area contributed by atoms with Crippen molar-refractivity contribution in [3.8, 4) is 0 Å². The van der Waals surface area contributed by atoms with E-state index in [-0.39, 0.29) is 24.6 Å². The molecule has 1 unspecified atom stereocenters. The zero-order chi connectivity index (χ0) is 22.0. The molecule has 31 heavy (non-hydrogen) atoms. The van der Waals surface area contributed by atoms with Gasteiger partial charge in [0.25, 0.3) is 11.8 Å². The van der Waals surface area contributed by atoms with Gasteiger partial charge in [-0.3, -0.25) is 19.2 Å². The monoisotopic (exact) mass is 421 g/mol. The number of rotatable bonds is 6. The predicted molar refractivity (Wildman–Crippen MR) is 109 cm³/mol. The van der Waals surface area contributed by atoms with Crippen LogP contribution in [0.1, 0.15) is 29.7 Å². The number of carbonyl (C=O) groups is 4. The number of amides is 4. The summed E-state index contributed by atoms with van der Waals surface area (Å²) >= 11 is 0. The third kappa shape index (κ3) is 4.11. The summed E-state index contributed by atoms with van der Waals surface area (Å²) in [5, 5.41) is 2.63. The summed E-state index contributed by atoms with van der Waals surface area (Å²) in [6, 6.07) is 11.7. The van der Waals surface area contributed by atoms with E-state index in [4.69, 9.17) is 8.83 Å². The van der Waals surface area contributed by atoms with Crippen LogP contribution in [0.25, 0.3) is 0 Å². The number of benzene rings is 1. The highest BCUT2D eigenvalue weighted by molar-refractivity contribution is 6.23. The number of furan rings is 2. The van der Waals surface area contributed by atoms with E-state index in [2.05, 4.69) is 5.32 Å². The SMILES string of the molecule is CC(=O)Nc1ccc(N2C(=O)CC(N(Cc3ccco3)C(=O)c3ccco3)C2=O)cc1. The molecule has 1 aliphatic heterocycles. The van der Waals surface area contributed by atoms with Crippen LogP contribution in [0.15, 0.2) is 69.9 Å². The maximum atomic E-state index is 13.2. The molecule has 4 rings (SSSR count). The Bertz CT molecular complexity index is 1100. The Labute approximate surface area is 177 Å². The summed E-state index contributed by atoms with van der Waals surface area (Å²) in [4.78, 5) is 52.5. The molecule has 9 nitrogen and oxygen atoms in total. The van der Waals surface area contributed by atoms with Crippen molar-refractivity contribution < 1.29 is 28.0 Å². The first-order chi connectivity index (χ1) is 14.9. The first-order valence-corrected chi connectivity index (χ1v) is 9.55. The standard InChI is InChI=1S/C22H19N3O6/c1-14(26)23-15-6-8-16(9-7-15)25-20(27)12-18(21(25)28)24(13-17-4-2-10-30-17)22(29)19-5-3-11-31-19/h2-11,18H,12-13H2,1H3,(H,23,26). The number of anilines is 2. The normalized spacial score (nSPS) is 15.9. The second kappa shape index (κ2) is 8.31. The number of nitrogens with zero attached hydrogens (tertiary/aromatic N) is 2. The molecule has 4 amide bonds. The Morgan fingerprint density at radius 3 is 2.39 bits per heavy atom. The molecule has 1 aromatic carbocycles. The van der Waals surface area contributed by atoms with Gasteiger partial charge in [0.15, 0.2) is 5.76 Å². The highest BCUT2D eigenvalue weighted by atomic mass is 16.3. The van der Waals surface area contributed by atoms with Crippen LogP contribution in [-0.2, 0) is 20.9 Å². The van der Waals surface area contributed by atoms with Gasteiger partial charge in [0.1, 0.15) is 11.8 Å². The maximum absolute atomic E-state index is 13.2. The summed E-state index contributed by atoms with van der Waals surface area (Å²) in [7, 11) is 0. The lowest BCUT2D eigenvalue weighted by Crippen LogP contribution is -2.45. The largest absolute Gasteiger partial charge is 0.467 e. The van der Waals surface area contributed by atoms with Gasteiger partial charge in [-0.15, -0.1) is 0 Å². The van der Waals surface area contributed by atoms with Gasteiger partial charge < -0.3 is 19.1 Å². The van der Waals surface area contributed by atoms with E-state index in [1.165, 1.54) is 30.4 Å². The molecule has 9 heteroatoms. The van der Waals surface area contributed by atoms with E-state index in [1.807, 2.05) is 0 Å². The van der Waals surface area contributed by atoms with Crippen LogP contribution in [-0.4, -0.2) is 34.6 Å². The average Bonchev–Trinajstić information content (AvgIpc) is 3.49. The molecule has 1 fully saturated rings. The molecule has 1 saturated heterocycles. The van der Waals surface area contributed by atoms with Crippen LogP contribution in [0.4, 0.5) is 11.4 Å². The van der Waals surface area contributed by atoms with Gasteiger partial charge in [0, 0.05) is 12.6 Å². The predicted octanol–water partition coefficient (Wildman–Crippen LogP) is 2.81. The number of nitrogens with one attached hydrogen (secondary N) is 1. The lowest BCUT2D eigenvalue weighted by Gasteiger charge is -2.26. The van der Waals surface area contributed by atoms with E-state index < -0.39 is 23.8 Å². The van der Waals surface area contributed by atoms with Gasteiger partial charge in [-0.1, -0.05) is 0 Å². The third-order valence-electron chi connectivity index (χ3n) is 4.84. The molecular formula is C22H19N3O6. The Morgan fingerprint density at radius 1 is 1.06 bits per heavy atom. The molecule has 158 valence electrons. The molecular weight excluding hydrogens is 402 g/mol. The number of hydrogen-bond donors (Lipinski definition) is 1. The molecule has 0 saturated carbocycles. The second-order valence-corrected chi connectivity index (χ2v) is 7.01. The second-order valence-electron chi connectivity index (χ2n) is 7.01. The smallest absolute Gasteiger partial charge is 0.290 e. The van der Waals surface area contributed by atoms with E-state index in [0.717, 1.165) is 4.90 Å². The minimum atomic E-state index is -1.01. The van der Waals surface area contributed by atoms with Crippen molar-refractivity contribution in [1.82, 2.24) is 4.90 Å². The lowest BCUT2D eigenvalue weighted by molar-refractivity contribution is -0.122. The van der Waals surface area contributed by atoms with Crippen molar-refractivity contribution >= 4 is 35.0 Å². The summed E-state index contributed by atoms with van der Waals surface area (Å²) in [6.45, 7) is 1.39. The molecule has 1 aliphatic rings. The summed E-state index contributed by atoms with van der Waals surface area (Å²) in [6.07, 6.45) is 2.66. The zero-order valence-electron chi connectivity index (χ0n) is 16.6. The highest BCUT2D eigenvalue weighted by Gasteiger charge is 2.45. The number of carbonyl (C=O) groups excluding carboxylic acids is 4. The molecule has 0 spiro atoms. The van der Waals surface area contributed by atoms with Gasteiger partial charge in [0.05, 0.1) is 31.2 Å². The van der Waals surface area contributed by atoms with Crippen molar-refractivity contribution in [2.75, 3.05) is 10.2 Å². The first kappa shape index (κ1) is 20.1. The van der Waals surface area contributed by atoms with E-state index >= 15 is 0 Å². The van der Waals surface area contributed by atoms with Crippen molar-refractivity contribution in [3.63, 3.8) is 0 Å². The number of imide groups is 1. The van der Waals surface area contributed by atoms with Gasteiger partial charge in [0.2, 0.25) is 11.8 Å². The van der Waals surface area contributed by atoms with Gasteiger partial charge in [-0.2, -0.15) is 0 Å². The average molecular weight is 421 g/mol. The van der Waals surface area contributed by atoms with Crippen LogP contribution < -0.4 is 10.2 Å². The Hall–Kier alpha value is -4.14. The minimum Gasteiger partial charge on any atom is -0.467 e. The summed E-state index contributed by atoms with van der Waals surface area (Å²) in [5.41, 5.74) is 0.898. The third-order valence-corrected chi connectivity index (χ3v) is 4.84. The minimum absolute atomic E-state index is 0.00549. The zero-order valence-corrected chi connectivity index (χ0v) is 16.6. The summed E-state index contributed by atoms with van der Waals surface area (Å²) < 4.78 is 10.5. The Kier molecular flexibility index (Phi) is 5.40. The molecule has 2 aromatic heterocycles. The molecule has 1 atom stereocenters. The Balaban J connectivity index is 1.61. The van der Waals surface area contributed by atoms with Crippen molar-refractivity contribution in [2.24, 2.45) is 0 Å². The van der Waals surface area contributed by atoms with Crippen LogP contribution >= 0.6 is 0 Å². The van der Waals surface area contributed by atoms with Crippen molar-refractivity contribution in [1.29, 1.82) is 0 Å². The van der Waals surface area contributed by atoms with Gasteiger partial charge in [-0.05, 0) is 48.5 Å². The fraction of sp³-hybridized carbons (Fsp3) is 0.182. The van der Waals surface area contributed by atoms with E-state index in [9.17, 15) is 19.2 Å². The fourth-order valence-corrected chi connectivity index (χ4v) is 3.46. The first-order valence-electron chi connectivity index (χ1n) is 9.55.